The van der Waals surface area contributed by atoms with E-state index in [0.717, 1.165) is 29.9 Å². The topological polar surface area (TPSA) is 77.5 Å². The van der Waals surface area contributed by atoms with Crippen LogP contribution in [0.1, 0.15) is 28.8 Å². The monoisotopic (exact) mass is 386 g/mol. The Labute approximate surface area is 162 Å². The molecular weight excluding hydrogens is 364 g/mol. The lowest BCUT2D eigenvalue weighted by Gasteiger charge is -2.11. The van der Waals surface area contributed by atoms with Gasteiger partial charge in [-0.1, -0.05) is 29.5 Å². The summed E-state index contributed by atoms with van der Waals surface area (Å²) in [5.74, 6) is -0.902. The molecule has 2 heterocycles. The van der Waals surface area contributed by atoms with Crippen molar-refractivity contribution in [2.24, 2.45) is 0 Å². The Balaban J connectivity index is 1.54. The van der Waals surface area contributed by atoms with Gasteiger partial charge in [-0.3, -0.25) is 4.79 Å². The molecule has 6 nitrogen and oxygen atoms in total. The fourth-order valence-corrected chi connectivity index (χ4v) is 3.51. The number of nitrogens with one attached hydrogen (secondary N) is 1. The molecule has 0 aliphatic carbocycles. The van der Waals surface area contributed by atoms with Crippen LogP contribution in [0.15, 0.2) is 52.5 Å². The minimum absolute atomic E-state index is 0.0560. The van der Waals surface area contributed by atoms with Gasteiger partial charge in [0.1, 0.15) is 5.03 Å². The van der Waals surface area contributed by atoms with Crippen LogP contribution in [0, 0.1) is 6.92 Å². The molecule has 1 saturated heterocycles. The van der Waals surface area contributed by atoms with Crippen molar-refractivity contribution >= 4 is 23.6 Å². The van der Waals surface area contributed by atoms with E-state index in [4.69, 9.17) is 9.47 Å². The van der Waals surface area contributed by atoms with Gasteiger partial charge in [-0.2, -0.15) is 0 Å². The number of aromatic nitrogens is 1. The van der Waals surface area contributed by atoms with E-state index in [0.29, 0.717) is 17.1 Å². The van der Waals surface area contributed by atoms with Gasteiger partial charge in [-0.15, -0.1) is 0 Å². The quantitative estimate of drug-likeness (QED) is 0.737. The van der Waals surface area contributed by atoms with E-state index in [-0.39, 0.29) is 18.6 Å². The Morgan fingerprint density at radius 3 is 2.85 bits per heavy atom. The first-order valence-corrected chi connectivity index (χ1v) is 9.68. The number of hydrogen-bond acceptors (Lipinski definition) is 6. The van der Waals surface area contributed by atoms with E-state index in [1.807, 2.05) is 31.2 Å². The SMILES string of the molecule is Cc1ccc(Sc2ncccc2C(=O)OCC(=O)NC[C@@H]2CCCO2)cc1. The summed E-state index contributed by atoms with van der Waals surface area (Å²) in [6.07, 6.45) is 3.63. The zero-order valence-corrected chi connectivity index (χ0v) is 16.0. The van der Waals surface area contributed by atoms with Crippen LogP contribution >= 0.6 is 11.8 Å². The standard InChI is InChI=1S/C20H22N2O4S/c1-14-6-8-16(9-7-14)27-19-17(5-2-10-21-19)20(24)26-13-18(23)22-12-15-4-3-11-25-15/h2,5-10,15H,3-4,11-13H2,1H3,(H,22,23)/t15-/m0/s1. The van der Waals surface area contributed by atoms with Crippen molar-refractivity contribution in [3.63, 3.8) is 0 Å². The molecule has 2 aromatic rings. The van der Waals surface area contributed by atoms with Crippen molar-refractivity contribution in [1.29, 1.82) is 0 Å². The third-order valence-corrected chi connectivity index (χ3v) is 5.14. The van der Waals surface area contributed by atoms with Crippen LogP contribution in [0.4, 0.5) is 0 Å². The Morgan fingerprint density at radius 2 is 2.11 bits per heavy atom. The van der Waals surface area contributed by atoms with Crippen LogP contribution < -0.4 is 5.32 Å². The van der Waals surface area contributed by atoms with E-state index in [1.54, 1.807) is 18.3 Å². The molecule has 0 saturated carbocycles. The number of esters is 1. The molecule has 1 amide bonds. The molecule has 0 spiro atoms. The maximum atomic E-state index is 12.4. The highest BCUT2D eigenvalue weighted by atomic mass is 32.2. The van der Waals surface area contributed by atoms with Crippen LogP contribution in [0.2, 0.25) is 0 Å². The number of carbonyl (C=O) groups is 2. The predicted octanol–water partition coefficient (Wildman–Crippen LogP) is 2.99. The first-order valence-electron chi connectivity index (χ1n) is 8.87. The van der Waals surface area contributed by atoms with Crippen molar-refractivity contribution < 1.29 is 19.1 Å². The molecule has 1 N–H and O–H groups in total. The molecule has 1 aromatic carbocycles. The van der Waals surface area contributed by atoms with Gasteiger partial charge in [-0.25, -0.2) is 9.78 Å². The molecule has 1 atom stereocenters. The lowest BCUT2D eigenvalue weighted by Crippen LogP contribution is -2.34. The summed E-state index contributed by atoms with van der Waals surface area (Å²) in [7, 11) is 0. The van der Waals surface area contributed by atoms with E-state index in [2.05, 4.69) is 10.3 Å². The van der Waals surface area contributed by atoms with Gasteiger partial charge in [0.05, 0.1) is 11.7 Å². The number of carbonyl (C=O) groups excluding carboxylic acids is 2. The summed E-state index contributed by atoms with van der Waals surface area (Å²) >= 11 is 1.38. The number of nitrogens with zero attached hydrogens (tertiary/aromatic N) is 1. The normalized spacial score (nSPS) is 16.1. The van der Waals surface area contributed by atoms with Crippen molar-refractivity contribution in [3.8, 4) is 0 Å². The van der Waals surface area contributed by atoms with Crippen molar-refractivity contribution in [3.05, 3.63) is 53.7 Å². The lowest BCUT2D eigenvalue weighted by molar-refractivity contribution is -0.124. The number of rotatable bonds is 7. The third kappa shape index (κ3) is 5.80. The highest BCUT2D eigenvalue weighted by molar-refractivity contribution is 7.99. The number of amides is 1. The average molecular weight is 386 g/mol. The Hall–Kier alpha value is -2.38. The highest BCUT2D eigenvalue weighted by Crippen LogP contribution is 2.29. The molecule has 1 aromatic heterocycles. The van der Waals surface area contributed by atoms with E-state index in [1.165, 1.54) is 11.8 Å². The van der Waals surface area contributed by atoms with E-state index >= 15 is 0 Å². The number of benzene rings is 1. The smallest absolute Gasteiger partial charge is 0.341 e. The summed E-state index contributed by atoms with van der Waals surface area (Å²) in [6.45, 7) is 2.87. The van der Waals surface area contributed by atoms with Gasteiger partial charge in [0.2, 0.25) is 0 Å². The fourth-order valence-electron chi connectivity index (χ4n) is 2.64. The fraction of sp³-hybridized carbons (Fsp3) is 0.350. The minimum atomic E-state index is -0.565. The maximum absolute atomic E-state index is 12.4. The Morgan fingerprint density at radius 1 is 1.30 bits per heavy atom. The second kappa shape index (κ2) is 9.53. The van der Waals surface area contributed by atoms with Crippen LogP contribution in [-0.4, -0.2) is 42.7 Å². The van der Waals surface area contributed by atoms with Crippen molar-refractivity contribution in [2.45, 2.75) is 35.8 Å². The van der Waals surface area contributed by atoms with Crippen LogP contribution in [0.25, 0.3) is 0 Å². The summed E-state index contributed by atoms with van der Waals surface area (Å²) in [5, 5.41) is 3.28. The summed E-state index contributed by atoms with van der Waals surface area (Å²) in [5.41, 5.74) is 1.50. The number of hydrogen-bond donors (Lipinski definition) is 1. The van der Waals surface area contributed by atoms with Gasteiger partial charge in [-0.05, 0) is 44.0 Å². The number of aryl methyl sites for hydroxylation is 1. The molecular formula is C20H22N2O4S. The molecule has 142 valence electrons. The van der Waals surface area contributed by atoms with Crippen molar-refractivity contribution in [2.75, 3.05) is 19.8 Å². The second-order valence-corrected chi connectivity index (χ2v) is 7.35. The average Bonchev–Trinajstić information content (AvgIpc) is 3.20. The highest BCUT2D eigenvalue weighted by Gasteiger charge is 2.18. The van der Waals surface area contributed by atoms with Crippen LogP contribution in [0.3, 0.4) is 0 Å². The van der Waals surface area contributed by atoms with Crippen LogP contribution in [-0.2, 0) is 14.3 Å². The zero-order valence-electron chi connectivity index (χ0n) is 15.1. The molecule has 0 radical (unpaired) electrons. The Bertz CT molecular complexity index is 789. The molecule has 1 aliphatic rings. The van der Waals surface area contributed by atoms with Gasteiger partial charge in [0.15, 0.2) is 6.61 Å². The predicted molar refractivity (Wildman–Crippen MR) is 102 cm³/mol. The van der Waals surface area contributed by atoms with Crippen LogP contribution in [0.5, 0.6) is 0 Å². The molecule has 27 heavy (non-hydrogen) atoms. The number of pyridine rings is 1. The zero-order chi connectivity index (χ0) is 19.1. The van der Waals surface area contributed by atoms with E-state index in [9.17, 15) is 9.59 Å². The summed E-state index contributed by atoms with van der Waals surface area (Å²) in [6, 6.07) is 11.3. The first-order chi connectivity index (χ1) is 13.1. The molecule has 0 unspecified atom stereocenters. The summed E-state index contributed by atoms with van der Waals surface area (Å²) in [4.78, 5) is 29.5. The maximum Gasteiger partial charge on any atom is 0.341 e. The Kier molecular flexibility index (Phi) is 6.84. The summed E-state index contributed by atoms with van der Waals surface area (Å²) < 4.78 is 10.6. The molecule has 3 rings (SSSR count). The van der Waals surface area contributed by atoms with E-state index < -0.39 is 5.97 Å². The first kappa shape index (κ1) is 19.4. The molecule has 1 fully saturated rings. The largest absolute Gasteiger partial charge is 0.452 e. The van der Waals surface area contributed by atoms with Gasteiger partial charge in [0.25, 0.3) is 5.91 Å². The van der Waals surface area contributed by atoms with Crippen molar-refractivity contribution in [1.82, 2.24) is 10.3 Å². The molecule has 0 bridgehead atoms. The molecule has 7 heteroatoms. The number of ether oxygens (including phenoxy) is 2. The second-order valence-electron chi connectivity index (χ2n) is 6.29. The van der Waals surface area contributed by atoms with Gasteiger partial charge in [0, 0.05) is 24.2 Å². The van der Waals surface area contributed by atoms with Gasteiger partial charge < -0.3 is 14.8 Å². The van der Waals surface area contributed by atoms with Gasteiger partial charge >= 0.3 is 5.97 Å². The third-order valence-electron chi connectivity index (χ3n) is 4.11. The minimum Gasteiger partial charge on any atom is -0.452 e. The lowest BCUT2D eigenvalue weighted by atomic mass is 10.2. The molecule has 1 aliphatic heterocycles.